The lowest BCUT2D eigenvalue weighted by Gasteiger charge is -2.08. The molecule has 1 aromatic carbocycles. The van der Waals surface area contributed by atoms with Crippen LogP contribution in [-0.2, 0) is 9.53 Å². The molecule has 0 saturated heterocycles. The minimum Gasteiger partial charge on any atom is -0.496 e. The number of anilines is 1. The normalized spacial score (nSPS) is 10.3. The molecule has 0 aliphatic carbocycles. The molecule has 0 aliphatic rings. The Labute approximate surface area is 149 Å². The predicted octanol–water partition coefficient (Wildman–Crippen LogP) is 2.92. The number of benzene rings is 1. The molecule has 0 unspecified atom stereocenters. The van der Waals surface area contributed by atoms with E-state index < -0.39 is 23.4 Å². The summed E-state index contributed by atoms with van der Waals surface area (Å²) in [4.78, 5) is 34.6. The van der Waals surface area contributed by atoms with Gasteiger partial charge in [0.1, 0.15) is 28.5 Å². The van der Waals surface area contributed by atoms with Gasteiger partial charge in [0.15, 0.2) is 6.61 Å². The average Bonchev–Trinajstić information content (AvgIpc) is 2.85. The largest absolute Gasteiger partial charge is 0.496 e. The van der Waals surface area contributed by atoms with E-state index in [0.717, 1.165) is 0 Å². The smallest absolute Gasteiger partial charge is 0.342 e. The average molecular weight is 362 g/mol. The third-order valence-corrected chi connectivity index (χ3v) is 3.78. The number of hydrogen-bond donors (Lipinski definition) is 1. The summed E-state index contributed by atoms with van der Waals surface area (Å²) >= 11 is 0. The van der Waals surface area contributed by atoms with Gasteiger partial charge in [-0.2, -0.15) is 0 Å². The SMILES string of the molecule is COc1ccc(NC(=O)COC(=O)c2c(C)oc(C)c2C)c([N+](=O)[O-])c1. The summed E-state index contributed by atoms with van der Waals surface area (Å²) in [7, 11) is 1.37. The fraction of sp³-hybridized carbons (Fsp3) is 0.294. The van der Waals surface area contributed by atoms with E-state index in [9.17, 15) is 19.7 Å². The standard InChI is InChI=1S/C17H18N2O7/c1-9-10(2)26-11(3)16(9)17(21)25-8-15(20)18-13-6-5-12(24-4)7-14(13)19(22)23/h5-7H,8H2,1-4H3,(H,18,20). The lowest BCUT2D eigenvalue weighted by molar-refractivity contribution is -0.384. The number of aryl methyl sites for hydroxylation is 2. The number of carbonyl (C=O) groups is 2. The summed E-state index contributed by atoms with van der Waals surface area (Å²) in [6, 6.07) is 3.99. The Morgan fingerprint density at radius 3 is 2.46 bits per heavy atom. The molecule has 138 valence electrons. The van der Waals surface area contributed by atoms with Crippen molar-refractivity contribution in [3.63, 3.8) is 0 Å². The zero-order valence-corrected chi connectivity index (χ0v) is 14.7. The van der Waals surface area contributed by atoms with Gasteiger partial charge in [0, 0.05) is 5.56 Å². The van der Waals surface area contributed by atoms with E-state index in [0.29, 0.717) is 17.1 Å². The molecule has 2 aromatic rings. The number of hydrogen-bond acceptors (Lipinski definition) is 7. The van der Waals surface area contributed by atoms with Gasteiger partial charge >= 0.3 is 5.97 Å². The van der Waals surface area contributed by atoms with Crippen LogP contribution in [0.4, 0.5) is 11.4 Å². The summed E-state index contributed by atoms with van der Waals surface area (Å²) in [6.07, 6.45) is 0. The molecule has 0 spiro atoms. The lowest BCUT2D eigenvalue weighted by Crippen LogP contribution is -2.21. The van der Waals surface area contributed by atoms with Crippen LogP contribution in [-0.4, -0.2) is 30.5 Å². The lowest BCUT2D eigenvalue weighted by atomic mass is 10.1. The molecule has 0 aliphatic heterocycles. The first-order valence-electron chi connectivity index (χ1n) is 7.60. The number of rotatable bonds is 6. The van der Waals surface area contributed by atoms with E-state index in [4.69, 9.17) is 13.9 Å². The topological polar surface area (TPSA) is 121 Å². The van der Waals surface area contributed by atoms with Crippen LogP contribution in [0.25, 0.3) is 0 Å². The third kappa shape index (κ3) is 4.00. The van der Waals surface area contributed by atoms with Crippen molar-refractivity contribution < 1.29 is 28.4 Å². The molecule has 0 fully saturated rings. The van der Waals surface area contributed by atoms with Crippen LogP contribution in [0.15, 0.2) is 22.6 Å². The van der Waals surface area contributed by atoms with Crippen LogP contribution in [0.3, 0.4) is 0 Å². The Balaban J connectivity index is 2.05. The Kier molecular flexibility index (Phi) is 5.61. The highest BCUT2D eigenvalue weighted by molar-refractivity contribution is 5.97. The molecule has 0 radical (unpaired) electrons. The van der Waals surface area contributed by atoms with Crippen molar-refractivity contribution in [2.24, 2.45) is 0 Å². The second kappa shape index (κ2) is 7.68. The number of furan rings is 1. The number of ether oxygens (including phenoxy) is 2. The maximum absolute atomic E-state index is 12.1. The monoisotopic (exact) mass is 362 g/mol. The number of nitrogens with one attached hydrogen (secondary N) is 1. The summed E-state index contributed by atoms with van der Waals surface area (Å²) in [6.45, 7) is 4.46. The van der Waals surface area contributed by atoms with Crippen LogP contribution in [0, 0.1) is 30.9 Å². The highest BCUT2D eigenvalue weighted by atomic mass is 16.6. The first-order chi connectivity index (χ1) is 12.2. The van der Waals surface area contributed by atoms with Crippen molar-refractivity contribution in [2.75, 3.05) is 19.0 Å². The number of methoxy groups -OCH3 is 1. The van der Waals surface area contributed by atoms with E-state index in [1.165, 1.54) is 25.3 Å². The Morgan fingerprint density at radius 1 is 1.23 bits per heavy atom. The van der Waals surface area contributed by atoms with Gasteiger partial charge in [0.25, 0.3) is 11.6 Å². The van der Waals surface area contributed by atoms with Crippen molar-refractivity contribution in [3.8, 4) is 5.75 Å². The van der Waals surface area contributed by atoms with E-state index in [2.05, 4.69) is 5.32 Å². The third-order valence-electron chi connectivity index (χ3n) is 3.78. The molecular formula is C17H18N2O7. The molecule has 1 amide bonds. The Hall–Kier alpha value is -3.36. The molecule has 1 N–H and O–H groups in total. The van der Waals surface area contributed by atoms with Crippen molar-refractivity contribution >= 4 is 23.3 Å². The molecule has 1 aromatic heterocycles. The molecule has 2 rings (SSSR count). The predicted molar refractivity (Wildman–Crippen MR) is 91.5 cm³/mol. The van der Waals surface area contributed by atoms with E-state index in [1.807, 2.05) is 0 Å². The maximum atomic E-state index is 12.1. The quantitative estimate of drug-likeness (QED) is 0.476. The van der Waals surface area contributed by atoms with Crippen LogP contribution >= 0.6 is 0 Å². The molecule has 26 heavy (non-hydrogen) atoms. The van der Waals surface area contributed by atoms with Crippen LogP contribution in [0.2, 0.25) is 0 Å². The van der Waals surface area contributed by atoms with Crippen molar-refractivity contribution in [1.29, 1.82) is 0 Å². The van der Waals surface area contributed by atoms with E-state index >= 15 is 0 Å². The van der Waals surface area contributed by atoms with E-state index in [1.54, 1.807) is 20.8 Å². The summed E-state index contributed by atoms with van der Waals surface area (Å²) < 4.78 is 15.2. The summed E-state index contributed by atoms with van der Waals surface area (Å²) in [5.74, 6) is -0.135. The molecular weight excluding hydrogens is 344 g/mol. The number of amides is 1. The van der Waals surface area contributed by atoms with Gasteiger partial charge in [-0.3, -0.25) is 14.9 Å². The minimum absolute atomic E-state index is 0.0247. The van der Waals surface area contributed by atoms with Crippen LogP contribution in [0.5, 0.6) is 5.75 Å². The zero-order valence-electron chi connectivity index (χ0n) is 14.7. The van der Waals surface area contributed by atoms with Gasteiger partial charge in [0.05, 0.1) is 18.1 Å². The number of nitrogens with zero attached hydrogens (tertiary/aromatic N) is 1. The minimum atomic E-state index is -0.706. The number of esters is 1. The second-order valence-electron chi connectivity index (χ2n) is 5.48. The highest BCUT2D eigenvalue weighted by Crippen LogP contribution is 2.29. The zero-order chi connectivity index (χ0) is 19.4. The Bertz CT molecular complexity index is 870. The number of nitro benzene ring substituents is 1. The van der Waals surface area contributed by atoms with Crippen molar-refractivity contribution in [1.82, 2.24) is 0 Å². The van der Waals surface area contributed by atoms with Gasteiger partial charge in [-0.25, -0.2) is 4.79 Å². The van der Waals surface area contributed by atoms with Gasteiger partial charge in [-0.1, -0.05) is 0 Å². The van der Waals surface area contributed by atoms with Gasteiger partial charge in [-0.15, -0.1) is 0 Å². The number of carbonyl (C=O) groups excluding carboxylic acids is 2. The molecule has 0 atom stereocenters. The molecule has 0 saturated carbocycles. The molecule has 9 heteroatoms. The summed E-state index contributed by atoms with van der Waals surface area (Å²) in [5, 5.41) is 13.5. The van der Waals surface area contributed by atoms with Gasteiger partial charge in [0.2, 0.25) is 0 Å². The van der Waals surface area contributed by atoms with Gasteiger partial charge in [-0.05, 0) is 32.9 Å². The molecule has 9 nitrogen and oxygen atoms in total. The molecule has 0 bridgehead atoms. The fourth-order valence-electron chi connectivity index (χ4n) is 2.38. The van der Waals surface area contributed by atoms with Gasteiger partial charge < -0.3 is 19.2 Å². The highest BCUT2D eigenvalue weighted by Gasteiger charge is 2.22. The second-order valence-corrected chi connectivity index (χ2v) is 5.48. The number of nitro groups is 1. The van der Waals surface area contributed by atoms with Crippen molar-refractivity contribution in [3.05, 3.63) is 51.0 Å². The van der Waals surface area contributed by atoms with Crippen molar-refractivity contribution in [2.45, 2.75) is 20.8 Å². The fourth-order valence-corrected chi connectivity index (χ4v) is 2.38. The maximum Gasteiger partial charge on any atom is 0.342 e. The van der Waals surface area contributed by atoms with Crippen LogP contribution in [0.1, 0.15) is 27.4 Å². The van der Waals surface area contributed by atoms with E-state index in [-0.39, 0.29) is 22.7 Å². The molecule has 1 heterocycles. The van der Waals surface area contributed by atoms with Crippen LogP contribution < -0.4 is 10.1 Å². The first kappa shape index (κ1) is 19.0. The summed E-state index contributed by atoms with van der Waals surface area (Å²) in [5.41, 5.74) is 0.550. The Morgan fingerprint density at radius 2 is 1.92 bits per heavy atom. The first-order valence-corrected chi connectivity index (χ1v) is 7.60.